The maximum atomic E-state index is 11.6. The van der Waals surface area contributed by atoms with Crippen LogP contribution in [0, 0.1) is 0 Å². The number of anilines is 1. The average molecular weight is 295 g/mol. The monoisotopic (exact) mass is 295 g/mol. The molecule has 1 aromatic heterocycles. The van der Waals surface area contributed by atoms with Crippen molar-refractivity contribution in [3.05, 3.63) is 28.7 Å². The maximum absolute atomic E-state index is 11.6. The normalized spacial score (nSPS) is 17.9. The highest BCUT2D eigenvalue weighted by molar-refractivity contribution is 7.80. The molecular formula is C14H21N3O2S. The van der Waals surface area contributed by atoms with E-state index in [9.17, 15) is 4.79 Å². The van der Waals surface area contributed by atoms with E-state index in [1.807, 2.05) is 6.92 Å². The first-order valence-electron chi connectivity index (χ1n) is 7.06. The number of aromatic nitrogens is 1. The van der Waals surface area contributed by atoms with Crippen LogP contribution in [-0.2, 0) is 11.3 Å². The van der Waals surface area contributed by atoms with E-state index in [2.05, 4.69) is 10.6 Å². The molecule has 5 nitrogen and oxygen atoms in total. The van der Waals surface area contributed by atoms with Crippen LogP contribution < -0.4 is 16.2 Å². The lowest BCUT2D eigenvalue weighted by Gasteiger charge is -2.14. The first-order valence-corrected chi connectivity index (χ1v) is 7.47. The number of hydrogen-bond donors (Lipinski definition) is 2. The Balaban J connectivity index is 1.86. The van der Waals surface area contributed by atoms with E-state index >= 15 is 0 Å². The highest BCUT2D eigenvalue weighted by Gasteiger charge is 2.15. The van der Waals surface area contributed by atoms with Crippen molar-refractivity contribution in [2.45, 2.75) is 38.8 Å². The summed E-state index contributed by atoms with van der Waals surface area (Å²) in [6.45, 7) is 4.32. The van der Waals surface area contributed by atoms with Gasteiger partial charge in [-0.15, -0.1) is 0 Å². The first-order chi connectivity index (χ1) is 9.69. The molecule has 0 amide bonds. The molecule has 1 aliphatic heterocycles. The highest BCUT2D eigenvalue weighted by atomic mass is 32.1. The summed E-state index contributed by atoms with van der Waals surface area (Å²) in [7, 11) is 0. The van der Waals surface area contributed by atoms with Crippen molar-refractivity contribution < 1.29 is 4.74 Å². The summed E-state index contributed by atoms with van der Waals surface area (Å²) in [5, 5.41) is 6.80. The Bertz CT molecular complexity index is 509. The van der Waals surface area contributed by atoms with Crippen molar-refractivity contribution >= 4 is 23.0 Å². The van der Waals surface area contributed by atoms with Gasteiger partial charge >= 0.3 is 0 Å². The number of rotatable bonds is 5. The molecule has 1 atom stereocenters. The standard InChI is InChI=1S/C14H21N3O2S/c1-2-7-17-10-11(5-6-13(17)18)16-14(20)15-9-12-4-3-8-19-12/h5-6,10,12H,2-4,7-9H2,1H3,(H2,15,16,20). The largest absolute Gasteiger partial charge is 0.376 e. The lowest BCUT2D eigenvalue weighted by molar-refractivity contribution is 0.114. The van der Waals surface area contributed by atoms with Gasteiger partial charge in [0.05, 0.1) is 11.8 Å². The van der Waals surface area contributed by atoms with Gasteiger partial charge in [0.15, 0.2) is 5.11 Å². The van der Waals surface area contributed by atoms with Crippen molar-refractivity contribution in [3.8, 4) is 0 Å². The van der Waals surface area contributed by atoms with E-state index < -0.39 is 0 Å². The fourth-order valence-corrected chi connectivity index (χ4v) is 2.41. The molecule has 2 rings (SSSR count). The van der Waals surface area contributed by atoms with Gasteiger partial charge in [0.1, 0.15) is 0 Å². The molecule has 1 fully saturated rings. The Labute approximate surface area is 124 Å². The number of nitrogens with zero attached hydrogens (tertiary/aromatic N) is 1. The zero-order valence-corrected chi connectivity index (χ0v) is 12.5. The number of aryl methyl sites for hydroxylation is 1. The summed E-state index contributed by atoms with van der Waals surface area (Å²) < 4.78 is 7.21. The van der Waals surface area contributed by atoms with Crippen molar-refractivity contribution in [1.29, 1.82) is 0 Å². The fraction of sp³-hybridized carbons (Fsp3) is 0.571. The highest BCUT2D eigenvalue weighted by Crippen LogP contribution is 2.10. The van der Waals surface area contributed by atoms with Crippen LogP contribution in [0.5, 0.6) is 0 Å². The van der Waals surface area contributed by atoms with E-state index in [1.54, 1.807) is 22.9 Å². The number of hydrogen-bond acceptors (Lipinski definition) is 3. The molecule has 1 aliphatic rings. The van der Waals surface area contributed by atoms with E-state index in [4.69, 9.17) is 17.0 Å². The Kier molecular flexibility index (Phi) is 5.55. The molecule has 0 saturated carbocycles. The van der Waals surface area contributed by atoms with Crippen LogP contribution in [0.25, 0.3) is 0 Å². The van der Waals surface area contributed by atoms with Crippen LogP contribution in [0.2, 0.25) is 0 Å². The quantitative estimate of drug-likeness (QED) is 0.810. The fourth-order valence-electron chi connectivity index (χ4n) is 2.21. The van der Waals surface area contributed by atoms with Gasteiger partial charge < -0.3 is 19.9 Å². The number of nitrogens with one attached hydrogen (secondary N) is 2. The molecule has 20 heavy (non-hydrogen) atoms. The van der Waals surface area contributed by atoms with Crippen LogP contribution >= 0.6 is 12.2 Å². The number of pyridine rings is 1. The average Bonchev–Trinajstić information content (AvgIpc) is 2.94. The second-order valence-corrected chi connectivity index (χ2v) is 5.33. The summed E-state index contributed by atoms with van der Waals surface area (Å²) in [6, 6.07) is 3.30. The number of thiocarbonyl (C=S) groups is 1. The predicted octanol–water partition coefficient (Wildman–Crippen LogP) is 1.72. The molecule has 0 aromatic carbocycles. The van der Waals surface area contributed by atoms with Gasteiger partial charge in [-0.25, -0.2) is 0 Å². The molecule has 0 bridgehead atoms. The minimum Gasteiger partial charge on any atom is -0.376 e. The van der Waals surface area contributed by atoms with E-state index in [0.29, 0.717) is 11.7 Å². The summed E-state index contributed by atoms with van der Waals surface area (Å²) >= 11 is 5.25. The Morgan fingerprint density at radius 1 is 1.55 bits per heavy atom. The van der Waals surface area contributed by atoms with E-state index in [1.165, 1.54) is 0 Å². The summed E-state index contributed by atoms with van der Waals surface area (Å²) in [6.07, 6.45) is 5.17. The molecule has 6 heteroatoms. The number of ether oxygens (including phenoxy) is 1. The third kappa shape index (κ3) is 4.31. The third-order valence-electron chi connectivity index (χ3n) is 3.22. The molecule has 110 valence electrons. The SMILES string of the molecule is CCCn1cc(NC(=S)NCC2CCCO2)ccc1=O. The predicted molar refractivity (Wildman–Crippen MR) is 84.2 cm³/mol. The topological polar surface area (TPSA) is 55.3 Å². The molecule has 1 unspecified atom stereocenters. The third-order valence-corrected chi connectivity index (χ3v) is 3.47. The summed E-state index contributed by atoms with van der Waals surface area (Å²) in [5.41, 5.74) is 0.832. The minimum atomic E-state index is 0.00985. The first kappa shape index (κ1) is 15.0. The van der Waals surface area contributed by atoms with Crippen molar-refractivity contribution in [3.63, 3.8) is 0 Å². The zero-order valence-electron chi connectivity index (χ0n) is 11.7. The van der Waals surface area contributed by atoms with Gasteiger partial charge in [-0.1, -0.05) is 6.92 Å². The van der Waals surface area contributed by atoms with Gasteiger partial charge in [-0.3, -0.25) is 4.79 Å². The van der Waals surface area contributed by atoms with Crippen LogP contribution in [-0.4, -0.2) is 28.9 Å². The van der Waals surface area contributed by atoms with Crippen LogP contribution in [0.4, 0.5) is 5.69 Å². The Morgan fingerprint density at radius 2 is 2.40 bits per heavy atom. The Hall–Kier alpha value is -1.40. The maximum Gasteiger partial charge on any atom is 0.250 e. The Morgan fingerprint density at radius 3 is 3.10 bits per heavy atom. The second-order valence-electron chi connectivity index (χ2n) is 4.92. The minimum absolute atomic E-state index is 0.00985. The van der Waals surface area contributed by atoms with Gasteiger partial charge in [-0.2, -0.15) is 0 Å². The van der Waals surface area contributed by atoms with E-state index in [0.717, 1.165) is 38.1 Å². The summed E-state index contributed by atoms with van der Waals surface area (Å²) in [5.74, 6) is 0. The lowest BCUT2D eigenvalue weighted by Crippen LogP contribution is -2.35. The molecule has 0 spiro atoms. The van der Waals surface area contributed by atoms with Crippen molar-refractivity contribution in [2.24, 2.45) is 0 Å². The van der Waals surface area contributed by atoms with E-state index in [-0.39, 0.29) is 11.7 Å². The van der Waals surface area contributed by atoms with Crippen LogP contribution in [0.15, 0.2) is 23.1 Å². The molecule has 2 heterocycles. The lowest BCUT2D eigenvalue weighted by atomic mass is 10.2. The smallest absolute Gasteiger partial charge is 0.250 e. The molecular weight excluding hydrogens is 274 g/mol. The van der Waals surface area contributed by atoms with Gasteiger partial charge in [-0.05, 0) is 37.5 Å². The summed E-state index contributed by atoms with van der Waals surface area (Å²) in [4.78, 5) is 11.6. The van der Waals surface area contributed by atoms with Crippen molar-refractivity contribution in [1.82, 2.24) is 9.88 Å². The molecule has 0 aliphatic carbocycles. The molecule has 1 saturated heterocycles. The molecule has 0 radical (unpaired) electrons. The molecule has 2 N–H and O–H groups in total. The van der Waals surface area contributed by atoms with Crippen LogP contribution in [0.3, 0.4) is 0 Å². The van der Waals surface area contributed by atoms with Gasteiger partial charge in [0.25, 0.3) is 5.56 Å². The van der Waals surface area contributed by atoms with Crippen LogP contribution in [0.1, 0.15) is 26.2 Å². The zero-order chi connectivity index (χ0) is 14.4. The van der Waals surface area contributed by atoms with Gasteiger partial charge in [0.2, 0.25) is 0 Å². The second kappa shape index (κ2) is 7.40. The van der Waals surface area contributed by atoms with Crippen molar-refractivity contribution in [2.75, 3.05) is 18.5 Å². The molecule has 1 aromatic rings. The van der Waals surface area contributed by atoms with Gasteiger partial charge in [0, 0.05) is 32.0 Å².